The molecule has 6 nitrogen and oxygen atoms in total. The van der Waals surface area contributed by atoms with Crippen molar-refractivity contribution in [1.29, 1.82) is 0 Å². The van der Waals surface area contributed by atoms with E-state index in [-0.39, 0.29) is 0 Å². The molecular formula is C16H26N4O2. The van der Waals surface area contributed by atoms with E-state index in [4.69, 9.17) is 4.52 Å². The van der Waals surface area contributed by atoms with Gasteiger partial charge in [0.25, 0.3) is 0 Å². The first-order valence-electron chi connectivity index (χ1n) is 8.36. The van der Waals surface area contributed by atoms with E-state index in [1.54, 1.807) is 0 Å². The molecule has 1 unspecified atom stereocenters. The van der Waals surface area contributed by atoms with Crippen molar-refractivity contribution in [2.75, 3.05) is 32.7 Å². The summed E-state index contributed by atoms with van der Waals surface area (Å²) in [5.41, 5.74) is 0.921. The van der Waals surface area contributed by atoms with Crippen LogP contribution in [-0.4, -0.2) is 59.6 Å². The van der Waals surface area contributed by atoms with Crippen LogP contribution in [0.25, 0.3) is 0 Å². The van der Waals surface area contributed by atoms with Crippen LogP contribution in [0.2, 0.25) is 0 Å². The first-order chi connectivity index (χ1) is 10.7. The molecule has 122 valence electrons. The quantitative estimate of drug-likeness (QED) is 0.884. The number of carbonyl (C=O) groups is 1. The van der Waals surface area contributed by atoms with Crippen molar-refractivity contribution < 1.29 is 9.32 Å². The highest BCUT2D eigenvalue weighted by Crippen LogP contribution is 2.14. The summed E-state index contributed by atoms with van der Waals surface area (Å²) in [6, 6.07) is 2.53. The van der Waals surface area contributed by atoms with Crippen molar-refractivity contribution in [3.63, 3.8) is 0 Å². The smallest absolute Gasteiger partial charge is 0.222 e. The summed E-state index contributed by atoms with van der Waals surface area (Å²) in [6.45, 7) is 7.30. The highest BCUT2D eigenvalue weighted by atomic mass is 16.5. The summed E-state index contributed by atoms with van der Waals surface area (Å²) < 4.78 is 5.26. The van der Waals surface area contributed by atoms with Crippen molar-refractivity contribution in [2.45, 2.75) is 45.2 Å². The van der Waals surface area contributed by atoms with Crippen molar-refractivity contribution >= 4 is 5.91 Å². The fraction of sp³-hybridized carbons (Fsp3) is 0.750. The highest BCUT2D eigenvalue weighted by Gasteiger charge is 2.23. The molecule has 0 aromatic carbocycles. The molecule has 0 saturated carbocycles. The summed E-state index contributed by atoms with van der Waals surface area (Å²) in [5, 5.41) is 7.37. The van der Waals surface area contributed by atoms with Gasteiger partial charge in [0.2, 0.25) is 5.91 Å². The maximum absolute atomic E-state index is 12.3. The molecule has 1 aromatic rings. The Hall–Kier alpha value is -1.40. The van der Waals surface area contributed by atoms with E-state index in [1.165, 1.54) is 12.8 Å². The number of nitrogens with one attached hydrogen (secondary N) is 1. The van der Waals surface area contributed by atoms with E-state index in [1.807, 2.05) is 17.9 Å². The average molecular weight is 306 g/mol. The van der Waals surface area contributed by atoms with E-state index in [2.05, 4.69) is 15.4 Å². The third-order valence-corrected chi connectivity index (χ3v) is 4.65. The summed E-state index contributed by atoms with van der Waals surface area (Å²) >= 11 is 0. The SMILES string of the molecule is Cc1cc(CN2CCN(C(=O)CCC3CCCN3)CC2)on1. The largest absolute Gasteiger partial charge is 0.360 e. The lowest BCUT2D eigenvalue weighted by Gasteiger charge is -2.34. The second kappa shape index (κ2) is 7.24. The second-order valence-electron chi connectivity index (χ2n) is 6.42. The Bertz CT molecular complexity index is 488. The summed E-state index contributed by atoms with van der Waals surface area (Å²) in [4.78, 5) is 16.6. The van der Waals surface area contributed by atoms with Crippen LogP contribution in [0.5, 0.6) is 0 Å². The number of hydrogen-bond acceptors (Lipinski definition) is 5. The van der Waals surface area contributed by atoms with Crippen molar-refractivity contribution in [3.8, 4) is 0 Å². The predicted molar refractivity (Wildman–Crippen MR) is 83.4 cm³/mol. The Balaban J connectivity index is 1.38. The average Bonchev–Trinajstić information content (AvgIpc) is 3.17. The van der Waals surface area contributed by atoms with E-state index < -0.39 is 0 Å². The Morgan fingerprint density at radius 3 is 2.86 bits per heavy atom. The number of rotatable bonds is 5. The maximum Gasteiger partial charge on any atom is 0.222 e. The van der Waals surface area contributed by atoms with Crippen LogP contribution in [0.15, 0.2) is 10.6 Å². The molecule has 0 aliphatic carbocycles. The third kappa shape index (κ3) is 4.08. The molecule has 3 heterocycles. The lowest BCUT2D eigenvalue weighted by molar-refractivity contribution is -0.133. The number of nitrogens with zero attached hydrogens (tertiary/aromatic N) is 3. The van der Waals surface area contributed by atoms with Crippen molar-refractivity contribution in [2.24, 2.45) is 0 Å². The molecule has 1 N–H and O–H groups in total. The molecule has 22 heavy (non-hydrogen) atoms. The molecule has 1 atom stereocenters. The molecule has 3 rings (SSSR count). The van der Waals surface area contributed by atoms with Crippen LogP contribution in [0.4, 0.5) is 0 Å². The topological polar surface area (TPSA) is 61.6 Å². The normalized spacial score (nSPS) is 23.1. The van der Waals surface area contributed by atoms with Crippen LogP contribution in [0.3, 0.4) is 0 Å². The number of aryl methyl sites for hydroxylation is 1. The molecule has 0 radical (unpaired) electrons. The van der Waals surface area contributed by atoms with Crippen molar-refractivity contribution in [3.05, 3.63) is 17.5 Å². The van der Waals surface area contributed by atoms with Crippen LogP contribution < -0.4 is 5.32 Å². The van der Waals surface area contributed by atoms with Gasteiger partial charge in [0.1, 0.15) is 0 Å². The van der Waals surface area contributed by atoms with Crippen LogP contribution in [0, 0.1) is 6.92 Å². The highest BCUT2D eigenvalue weighted by molar-refractivity contribution is 5.76. The third-order valence-electron chi connectivity index (χ3n) is 4.65. The monoisotopic (exact) mass is 306 g/mol. The first kappa shape index (κ1) is 15.5. The maximum atomic E-state index is 12.3. The van der Waals surface area contributed by atoms with E-state index in [0.717, 1.165) is 57.1 Å². The standard InChI is InChI=1S/C16H26N4O2/c1-13-11-15(22-18-13)12-19-7-9-20(10-8-19)16(21)5-4-14-3-2-6-17-14/h11,14,17H,2-10,12H2,1H3. The van der Waals surface area contributed by atoms with Crippen LogP contribution in [-0.2, 0) is 11.3 Å². The minimum atomic E-state index is 0.309. The van der Waals surface area contributed by atoms with Gasteiger partial charge >= 0.3 is 0 Å². The zero-order chi connectivity index (χ0) is 15.4. The Morgan fingerprint density at radius 2 is 2.23 bits per heavy atom. The van der Waals surface area contributed by atoms with E-state index >= 15 is 0 Å². The van der Waals surface area contributed by atoms with Gasteiger partial charge in [-0.15, -0.1) is 0 Å². The van der Waals surface area contributed by atoms with Gasteiger partial charge in [0, 0.05) is 44.7 Å². The number of hydrogen-bond donors (Lipinski definition) is 1. The van der Waals surface area contributed by atoms with Gasteiger partial charge in [-0.3, -0.25) is 9.69 Å². The molecule has 0 spiro atoms. The zero-order valence-corrected chi connectivity index (χ0v) is 13.4. The Morgan fingerprint density at radius 1 is 1.41 bits per heavy atom. The number of aromatic nitrogens is 1. The second-order valence-corrected chi connectivity index (χ2v) is 6.42. The van der Waals surface area contributed by atoms with Crippen molar-refractivity contribution in [1.82, 2.24) is 20.3 Å². The van der Waals surface area contributed by atoms with Crippen LogP contribution >= 0.6 is 0 Å². The summed E-state index contributed by atoms with van der Waals surface area (Å²) in [7, 11) is 0. The predicted octanol–water partition coefficient (Wildman–Crippen LogP) is 1.16. The van der Waals surface area contributed by atoms with Gasteiger partial charge in [0.05, 0.1) is 12.2 Å². The van der Waals surface area contributed by atoms with E-state index in [0.29, 0.717) is 18.4 Å². The fourth-order valence-electron chi connectivity index (χ4n) is 3.33. The molecule has 2 fully saturated rings. The Labute approximate surface area is 131 Å². The molecule has 1 amide bonds. The summed E-state index contributed by atoms with van der Waals surface area (Å²) in [5.74, 6) is 1.22. The lowest BCUT2D eigenvalue weighted by atomic mass is 10.1. The molecule has 2 aliphatic heterocycles. The molecule has 2 saturated heterocycles. The number of carbonyl (C=O) groups excluding carboxylic acids is 1. The van der Waals surface area contributed by atoms with Gasteiger partial charge in [-0.2, -0.15) is 0 Å². The van der Waals surface area contributed by atoms with Crippen LogP contribution in [0.1, 0.15) is 37.1 Å². The molecular weight excluding hydrogens is 280 g/mol. The van der Waals surface area contributed by atoms with Gasteiger partial charge in [-0.05, 0) is 32.7 Å². The first-order valence-corrected chi connectivity index (χ1v) is 8.36. The molecule has 1 aromatic heterocycles. The lowest BCUT2D eigenvalue weighted by Crippen LogP contribution is -2.48. The molecule has 6 heteroatoms. The number of piperazine rings is 1. The summed E-state index contributed by atoms with van der Waals surface area (Å²) in [6.07, 6.45) is 4.13. The Kier molecular flexibility index (Phi) is 5.10. The van der Waals surface area contributed by atoms with Gasteiger partial charge < -0.3 is 14.7 Å². The zero-order valence-electron chi connectivity index (χ0n) is 13.4. The number of amides is 1. The fourth-order valence-corrected chi connectivity index (χ4v) is 3.33. The van der Waals surface area contributed by atoms with Gasteiger partial charge in [0.15, 0.2) is 5.76 Å². The van der Waals surface area contributed by atoms with E-state index in [9.17, 15) is 4.79 Å². The molecule has 2 aliphatic rings. The van der Waals surface area contributed by atoms with Gasteiger partial charge in [-0.1, -0.05) is 5.16 Å². The van der Waals surface area contributed by atoms with Gasteiger partial charge in [-0.25, -0.2) is 0 Å². The molecule has 0 bridgehead atoms. The minimum Gasteiger partial charge on any atom is -0.360 e. The minimum absolute atomic E-state index is 0.309.